The molecule has 0 aromatic rings. The molecule has 0 saturated heterocycles. The number of amides is 1. The minimum atomic E-state index is -0.451. The lowest BCUT2D eigenvalue weighted by atomic mass is 10.0. The Morgan fingerprint density at radius 1 is 0.600 bits per heavy atom. The highest BCUT2D eigenvalue weighted by atomic mass is 16.6. The third-order valence-corrected chi connectivity index (χ3v) is 9.15. The average molecular weight is 707 g/mol. The molecule has 0 aliphatic carbocycles. The lowest BCUT2D eigenvalue weighted by molar-refractivity contribution is -0.150. The Balaban J connectivity index is 4.49. The second-order valence-corrected chi connectivity index (χ2v) is 13.7. The number of rotatable bonds is 35. The smallest absolute Gasteiger partial charge is 0.407 e. The lowest BCUT2D eigenvalue weighted by Crippen LogP contribution is -2.35. The first-order chi connectivity index (χ1) is 24.4. The van der Waals surface area contributed by atoms with Crippen molar-refractivity contribution >= 4 is 18.0 Å². The van der Waals surface area contributed by atoms with Gasteiger partial charge in [0.1, 0.15) is 6.10 Å². The molecule has 0 fully saturated rings. The standard InChI is InChI=1S/C42H78N2O6/c1-6-11-14-15-16-17-18-19-20-21-22-23-24-25-26-32-40(45)48-36-38(37-49-42(47)43-34-35-44(9-4)10-5)29-27-28-33-41(46)50-39(30-12-7-2)31-13-8-3/h16-17,19-20,38-39H,6-15,18,21-37H2,1-5H3,(H,43,47)/b17-16-,20-19-. The molecule has 0 spiro atoms. The highest BCUT2D eigenvalue weighted by Crippen LogP contribution is 2.17. The maximum Gasteiger partial charge on any atom is 0.407 e. The molecule has 0 bridgehead atoms. The van der Waals surface area contributed by atoms with E-state index in [1.807, 2.05) is 0 Å². The van der Waals surface area contributed by atoms with E-state index in [9.17, 15) is 14.4 Å². The molecular weight excluding hydrogens is 628 g/mol. The van der Waals surface area contributed by atoms with Crippen molar-refractivity contribution in [2.75, 3.05) is 39.4 Å². The Morgan fingerprint density at radius 2 is 1.16 bits per heavy atom. The number of hydrogen-bond acceptors (Lipinski definition) is 7. The fraction of sp³-hybridized carbons (Fsp3) is 0.833. The Morgan fingerprint density at radius 3 is 1.80 bits per heavy atom. The van der Waals surface area contributed by atoms with Gasteiger partial charge in [0.2, 0.25) is 0 Å². The number of alkyl carbamates (subject to hydrolysis) is 1. The van der Waals surface area contributed by atoms with Crippen LogP contribution < -0.4 is 5.32 Å². The average Bonchev–Trinajstić information content (AvgIpc) is 3.12. The van der Waals surface area contributed by atoms with E-state index in [1.54, 1.807) is 0 Å². The molecule has 1 N–H and O–H groups in total. The fourth-order valence-corrected chi connectivity index (χ4v) is 5.75. The Labute approximate surface area is 307 Å². The van der Waals surface area contributed by atoms with Crippen LogP contribution in [-0.4, -0.2) is 68.4 Å². The molecule has 1 unspecified atom stereocenters. The molecule has 1 amide bonds. The van der Waals surface area contributed by atoms with Gasteiger partial charge in [-0.3, -0.25) is 9.59 Å². The normalized spacial score (nSPS) is 12.3. The van der Waals surface area contributed by atoms with Gasteiger partial charge in [0.15, 0.2) is 0 Å². The summed E-state index contributed by atoms with van der Waals surface area (Å²) in [7, 11) is 0. The van der Waals surface area contributed by atoms with Gasteiger partial charge in [0.25, 0.3) is 0 Å². The minimum absolute atomic E-state index is 0.0164. The molecule has 8 nitrogen and oxygen atoms in total. The van der Waals surface area contributed by atoms with Crippen LogP contribution in [0.1, 0.15) is 176 Å². The summed E-state index contributed by atoms with van der Waals surface area (Å²) in [5.74, 6) is -0.445. The molecule has 0 saturated carbocycles. The van der Waals surface area contributed by atoms with Gasteiger partial charge in [-0.1, -0.05) is 123 Å². The van der Waals surface area contributed by atoms with E-state index in [-0.39, 0.29) is 37.2 Å². The van der Waals surface area contributed by atoms with E-state index in [4.69, 9.17) is 14.2 Å². The molecule has 0 aliphatic rings. The van der Waals surface area contributed by atoms with Gasteiger partial charge in [-0.2, -0.15) is 0 Å². The zero-order valence-electron chi connectivity index (χ0n) is 33.2. The van der Waals surface area contributed by atoms with Crippen molar-refractivity contribution in [3.63, 3.8) is 0 Å². The van der Waals surface area contributed by atoms with Crippen molar-refractivity contribution in [1.29, 1.82) is 0 Å². The molecule has 0 aromatic carbocycles. The molecule has 0 radical (unpaired) electrons. The van der Waals surface area contributed by atoms with Crippen molar-refractivity contribution < 1.29 is 28.6 Å². The number of carbonyl (C=O) groups is 3. The van der Waals surface area contributed by atoms with Crippen molar-refractivity contribution in [2.24, 2.45) is 5.92 Å². The Bertz CT molecular complexity index is 849. The molecule has 1 atom stereocenters. The highest BCUT2D eigenvalue weighted by molar-refractivity contribution is 5.69. The molecule has 8 heteroatoms. The quantitative estimate of drug-likeness (QED) is 0.0303. The van der Waals surface area contributed by atoms with Crippen LogP contribution in [0.2, 0.25) is 0 Å². The largest absolute Gasteiger partial charge is 0.465 e. The van der Waals surface area contributed by atoms with Gasteiger partial charge in [-0.25, -0.2) is 4.79 Å². The zero-order chi connectivity index (χ0) is 36.9. The van der Waals surface area contributed by atoms with Crippen molar-refractivity contribution in [3.8, 4) is 0 Å². The van der Waals surface area contributed by atoms with Crippen LogP contribution in [0.25, 0.3) is 0 Å². The fourth-order valence-electron chi connectivity index (χ4n) is 5.75. The van der Waals surface area contributed by atoms with Crippen LogP contribution in [0, 0.1) is 5.92 Å². The van der Waals surface area contributed by atoms with E-state index in [1.165, 1.54) is 38.5 Å². The van der Waals surface area contributed by atoms with Crippen LogP contribution in [0.15, 0.2) is 24.3 Å². The van der Waals surface area contributed by atoms with Crippen LogP contribution in [0.5, 0.6) is 0 Å². The van der Waals surface area contributed by atoms with Crippen LogP contribution in [0.3, 0.4) is 0 Å². The number of allylic oxidation sites excluding steroid dienone is 4. The Kier molecular flexibility index (Phi) is 34.7. The monoisotopic (exact) mass is 707 g/mol. The number of esters is 2. The second-order valence-electron chi connectivity index (χ2n) is 13.7. The molecule has 0 heterocycles. The van der Waals surface area contributed by atoms with Gasteiger partial charge >= 0.3 is 18.0 Å². The molecule has 50 heavy (non-hydrogen) atoms. The second kappa shape index (κ2) is 36.4. The highest BCUT2D eigenvalue weighted by Gasteiger charge is 2.17. The van der Waals surface area contributed by atoms with E-state index >= 15 is 0 Å². The first-order valence-electron chi connectivity index (χ1n) is 20.7. The number of nitrogens with zero attached hydrogens (tertiary/aromatic N) is 1. The van der Waals surface area contributed by atoms with E-state index in [0.717, 1.165) is 96.7 Å². The summed E-state index contributed by atoms with van der Waals surface area (Å²) < 4.78 is 17.0. The van der Waals surface area contributed by atoms with E-state index < -0.39 is 6.09 Å². The zero-order valence-corrected chi connectivity index (χ0v) is 33.2. The molecule has 0 aliphatic heterocycles. The van der Waals surface area contributed by atoms with Gasteiger partial charge in [0, 0.05) is 31.8 Å². The van der Waals surface area contributed by atoms with Crippen molar-refractivity contribution in [1.82, 2.24) is 10.2 Å². The van der Waals surface area contributed by atoms with Crippen molar-refractivity contribution in [3.05, 3.63) is 24.3 Å². The first-order valence-corrected chi connectivity index (χ1v) is 20.7. The number of carbonyl (C=O) groups excluding carboxylic acids is 3. The third kappa shape index (κ3) is 31.6. The number of unbranched alkanes of at least 4 members (excludes halogenated alkanes) is 11. The SMILES string of the molecule is CCCCC/C=C\C/C=C\CCCCCCCC(=O)OCC(CCCCC(=O)OC(CCCC)CCCC)COC(=O)NCCN(CC)CC. The Hall–Kier alpha value is -2.35. The van der Waals surface area contributed by atoms with E-state index in [0.29, 0.717) is 32.2 Å². The maximum absolute atomic E-state index is 12.5. The van der Waals surface area contributed by atoms with E-state index in [2.05, 4.69) is 69.1 Å². The summed E-state index contributed by atoms with van der Waals surface area (Å²) >= 11 is 0. The van der Waals surface area contributed by atoms with Gasteiger partial charge < -0.3 is 24.4 Å². The molecular formula is C42H78N2O6. The molecule has 0 rings (SSSR count). The minimum Gasteiger partial charge on any atom is -0.465 e. The van der Waals surface area contributed by atoms with Crippen LogP contribution >= 0.6 is 0 Å². The first kappa shape index (κ1) is 47.7. The summed E-state index contributed by atoms with van der Waals surface area (Å²) in [6.07, 6.45) is 30.4. The topological polar surface area (TPSA) is 94.2 Å². The van der Waals surface area contributed by atoms with Crippen molar-refractivity contribution in [2.45, 2.75) is 182 Å². The number of ether oxygens (including phenoxy) is 3. The van der Waals surface area contributed by atoms with Crippen LogP contribution in [0.4, 0.5) is 4.79 Å². The predicted molar refractivity (Wildman–Crippen MR) is 208 cm³/mol. The summed E-state index contributed by atoms with van der Waals surface area (Å²) in [4.78, 5) is 39.7. The summed E-state index contributed by atoms with van der Waals surface area (Å²) in [6, 6.07) is 0. The summed E-state index contributed by atoms with van der Waals surface area (Å²) in [5, 5.41) is 2.82. The predicted octanol–water partition coefficient (Wildman–Crippen LogP) is 10.9. The lowest BCUT2D eigenvalue weighted by Gasteiger charge is -2.20. The van der Waals surface area contributed by atoms with Gasteiger partial charge in [0.05, 0.1) is 13.2 Å². The van der Waals surface area contributed by atoms with Gasteiger partial charge in [-0.15, -0.1) is 0 Å². The van der Waals surface area contributed by atoms with Crippen LogP contribution in [-0.2, 0) is 23.8 Å². The molecule has 292 valence electrons. The molecule has 0 aromatic heterocycles. The number of nitrogens with one attached hydrogen (secondary N) is 1. The summed E-state index contributed by atoms with van der Waals surface area (Å²) in [6.45, 7) is 14.3. The van der Waals surface area contributed by atoms with Gasteiger partial charge in [-0.05, 0) is 77.3 Å². The number of likely N-dealkylation sites (N-methyl/N-ethyl adjacent to an activating group) is 1. The third-order valence-electron chi connectivity index (χ3n) is 9.15. The summed E-state index contributed by atoms with van der Waals surface area (Å²) in [5.41, 5.74) is 0. The maximum atomic E-state index is 12.5. The number of hydrogen-bond donors (Lipinski definition) is 1.